The van der Waals surface area contributed by atoms with Crippen molar-refractivity contribution in [3.63, 3.8) is 0 Å². The first kappa shape index (κ1) is 13.8. The van der Waals surface area contributed by atoms with Crippen LogP contribution in [0.4, 0.5) is 0 Å². The summed E-state index contributed by atoms with van der Waals surface area (Å²) in [4.78, 5) is 0. The van der Waals surface area contributed by atoms with Gasteiger partial charge in [0.2, 0.25) is 0 Å². The summed E-state index contributed by atoms with van der Waals surface area (Å²) in [5.41, 5.74) is 5.49. The Morgan fingerprint density at radius 2 is 1.79 bits per heavy atom. The highest BCUT2D eigenvalue weighted by Crippen LogP contribution is 2.26. The molecule has 0 aliphatic heterocycles. The average Bonchev–Trinajstić information content (AvgIpc) is 2.45. The van der Waals surface area contributed by atoms with Gasteiger partial charge in [-0.1, -0.05) is 67.9 Å². The predicted octanol–water partition coefficient (Wildman–Crippen LogP) is 4.26. The molecule has 0 radical (unpaired) electrons. The van der Waals surface area contributed by atoms with Crippen molar-refractivity contribution in [3.05, 3.63) is 70.8 Å². The highest BCUT2D eigenvalue weighted by atomic mass is 14.9. The van der Waals surface area contributed by atoms with Gasteiger partial charge in [0.05, 0.1) is 6.04 Å². The molecule has 0 aromatic heterocycles. The van der Waals surface area contributed by atoms with Crippen molar-refractivity contribution in [1.82, 2.24) is 5.32 Å². The maximum atomic E-state index is 3.62. The van der Waals surface area contributed by atoms with Crippen LogP contribution in [0.2, 0.25) is 0 Å². The maximum Gasteiger partial charge on any atom is 0.0579 e. The van der Waals surface area contributed by atoms with Crippen LogP contribution in [0.3, 0.4) is 0 Å². The minimum absolute atomic E-state index is 0.293. The lowest BCUT2D eigenvalue weighted by Gasteiger charge is -2.22. The van der Waals surface area contributed by atoms with Gasteiger partial charge < -0.3 is 5.32 Å². The van der Waals surface area contributed by atoms with E-state index in [-0.39, 0.29) is 0 Å². The third-order valence-corrected chi connectivity index (χ3v) is 3.53. The molecule has 1 unspecified atom stereocenters. The first-order chi connectivity index (χ1) is 9.26. The van der Waals surface area contributed by atoms with E-state index in [1.54, 1.807) is 0 Å². The van der Waals surface area contributed by atoms with E-state index in [4.69, 9.17) is 0 Å². The quantitative estimate of drug-likeness (QED) is 0.839. The molecule has 2 aromatic carbocycles. The number of aryl methyl sites for hydroxylation is 2. The zero-order valence-electron chi connectivity index (χ0n) is 12.1. The Balaban J connectivity index is 2.45. The minimum Gasteiger partial charge on any atom is -0.307 e. The van der Waals surface area contributed by atoms with Gasteiger partial charge in [-0.2, -0.15) is 0 Å². The third kappa shape index (κ3) is 3.24. The first-order valence-electron chi connectivity index (χ1n) is 7.14. The Labute approximate surface area is 116 Å². The second-order valence-electron chi connectivity index (χ2n) is 4.96. The summed E-state index contributed by atoms with van der Waals surface area (Å²) in [5.74, 6) is 0. The van der Waals surface area contributed by atoms with Crippen molar-refractivity contribution in [2.75, 3.05) is 6.54 Å². The predicted molar refractivity (Wildman–Crippen MR) is 82.5 cm³/mol. The van der Waals surface area contributed by atoms with Crippen LogP contribution in [-0.2, 0) is 6.42 Å². The fourth-order valence-corrected chi connectivity index (χ4v) is 2.60. The van der Waals surface area contributed by atoms with E-state index in [1.807, 2.05) is 0 Å². The van der Waals surface area contributed by atoms with E-state index in [2.05, 4.69) is 74.6 Å². The summed E-state index contributed by atoms with van der Waals surface area (Å²) in [6.45, 7) is 7.50. The molecule has 2 rings (SSSR count). The normalized spacial score (nSPS) is 12.4. The molecule has 1 N–H and O–H groups in total. The molecule has 0 aliphatic carbocycles. The van der Waals surface area contributed by atoms with E-state index in [1.165, 1.54) is 22.3 Å². The van der Waals surface area contributed by atoms with Crippen LogP contribution in [0.15, 0.2) is 48.5 Å². The van der Waals surface area contributed by atoms with Crippen LogP contribution in [0.25, 0.3) is 0 Å². The summed E-state index contributed by atoms with van der Waals surface area (Å²) in [7, 11) is 0. The van der Waals surface area contributed by atoms with Gasteiger partial charge in [0.1, 0.15) is 0 Å². The molecule has 1 nitrogen and oxygen atoms in total. The second-order valence-corrected chi connectivity index (χ2v) is 4.96. The summed E-state index contributed by atoms with van der Waals surface area (Å²) >= 11 is 0. The standard InChI is InChI=1S/C18H23N/c1-4-15-10-6-7-12-17(15)18(19-5-2)16-11-8-9-14(3)13-16/h6-13,18-19H,4-5H2,1-3H3. The zero-order valence-corrected chi connectivity index (χ0v) is 12.1. The monoisotopic (exact) mass is 253 g/mol. The molecular formula is C18H23N. The zero-order chi connectivity index (χ0) is 13.7. The molecular weight excluding hydrogens is 230 g/mol. The van der Waals surface area contributed by atoms with Crippen molar-refractivity contribution in [2.45, 2.75) is 33.2 Å². The molecule has 0 bridgehead atoms. The largest absolute Gasteiger partial charge is 0.307 e. The number of hydrogen-bond donors (Lipinski definition) is 1. The summed E-state index contributed by atoms with van der Waals surface area (Å²) in [6.07, 6.45) is 1.07. The molecule has 0 amide bonds. The lowest BCUT2D eigenvalue weighted by Crippen LogP contribution is -2.23. The van der Waals surface area contributed by atoms with Gasteiger partial charge in [-0.15, -0.1) is 0 Å². The van der Waals surface area contributed by atoms with Crippen LogP contribution in [-0.4, -0.2) is 6.54 Å². The van der Waals surface area contributed by atoms with E-state index in [0.29, 0.717) is 6.04 Å². The van der Waals surface area contributed by atoms with Gasteiger partial charge in [0, 0.05) is 0 Å². The van der Waals surface area contributed by atoms with Gasteiger partial charge in [0.25, 0.3) is 0 Å². The molecule has 0 heterocycles. The van der Waals surface area contributed by atoms with Gasteiger partial charge in [-0.3, -0.25) is 0 Å². The number of rotatable bonds is 5. The molecule has 1 atom stereocenters. The average molecular weight is 253 g/mol. The van der Waals surface area contributed by atoms with Crippen LogP contribution in [0.1, 0.15) is 42.1 Å². The lowest BCUT2D eigenvalue weighted by atomic mass is 9.92. The second kappa shape index (κ2) is 6.53. The summed E-state index contributed by atoms with van der Waals surface area (Å²) in [6, 6.07) is 17.8. The van der Waals surface area contributed by atoms with E-state index in [0.717, 1.165) is 13.0 Å². The van der Waals surface area contributed by atoms with Crippen molar-refractivity contribution in [2.24, 2.45) is 0 Å². The summed E-state index contributed by atoms with van der Waals surface area (Å²) in [5, 5.41) is 3.62. The molecule has 0 saturated carbocycles. The number of hydrogen-bond acceptors (Lipinski definition) is 1. The van der Waals surface area contributed by atoms with Crippen molar-refractivity contribution in [3.8, 4) is 0 Å². The third-order valence-electron chi connectivity index (χ3n) is 3.53. The molecule has 0 aliphatic rings. The fourth-order valence-electron chi connectivity index (χ4n) is 2.60. The maximum absolute atomic E-state index is 3.62. The van der Waals surface area contributed by atoms with Gasteiger partial charge >= 0.3 is 0 Å². The molecule has 100 valence electrons. The van der Waals surface area contributed by atoms with Crippen molar-refractivity contribution >= 4 is 0 Å². The van der Waals surface area contributed by atoms with Crippen molar-refractivity contribution < 1.29 is 0 Å². The van der Waals surface area contributed by atoms with Crippen molar-refractivity contribution in [1.29, 1.82) is 0 Å². The SMILES string of the molecule is CCNC(c1cccc(C)c1)c1ccccc1CC. The molecule has 0 saturated heterocycles. The van der Waals surface area contributed by atoms with E-state index < -0.39 is 0 Å². The van der Waals surface area contributed by atoms with Gasteiger partial charge in [0.15, 0.2) is 0 Å². The number of nitrogens with one attached hydrogen (secondary N) is 1. The topological polar surface area (TPSA) is 12.0 Å². The molecule has 19 heavy (non-hydrogen) atoms. The van der Waals surface area contributed by atoms with E-state index >= 15 is 0 Å². The minimum atomic E-state index is 0.293. The smallest absolute Gasteiger partial charge is 0.0579 e. The molecule has 0 spiro atoms. The van der Waals surface area contributed by atoms with Gasteiger partial charge in [-0.05, 0) is 36.6 Å². The highest BCUT2D eigenvalue weighted by Gasteiger charge is 2.15. The van der Waals surface area contributed by atoms with Crippen LogP contribution >= 0.6 is 0 Å². The molecule has 1 heteroatoms. The Morgan fingerprint density at radius 1 is 1.00 bits per heavy atom. The van der Waals surface area contributed by atoms with Crippen LogP contribution in [0.5, 0.6) is 0 Å². The molecule has 2 aromatic rings. The number of benzene rings is 2. The van der Waals surface area contributed by atoms with Gasteiger partial charge in [-0.25, -0.2) is 0 Å². The Kier molecular flexibility index (Phi) is 4.75. The van der Waals surface area contributed by atoms with Crippen LogP contribution < -0.4 is 5.32 Å². The fraction of sp³-hybridized carbons (Fsp3) is 0.333. The highest BCUT2D eigenvalue weighted by molar-refractivity contribution is 5.38. The molecule has 0 fully saturated rings. The first-order valence-corrected chi connectivity index (χ1v) is 7.14. The summed E-state index contributed by atoms with van der Waals surface area (Å²) < 4.78 is 0. The Bertz CT molecular complexity index is 531. The van der Waals surface area contributed by atoms with E-state index in [9.17, 15) is 0 Å². The van der Waals surface area contributed by atoms with Crippen LogP contribution in [0, 0.1) is 6.92 Å². The Hall–Kier alpha value is -1.60. The Morgan fingerprint density at radius 3 is 2.47 bits per heavy atom. The lowest BCUT2D eigenvalue weighted by molar-refractivity contribution is 0.625.